The van der Waals surface area contributed by atoms with Gasteiger partial charge in [-0.15, -0.1) is 0 Å². The average molecular weight is 329 g/mol. The van der Waals surface area contributed by atoms with Crippen molar-refractivity contribution >= 4 is 33.9 Å². The van der Waals surface area contributed by atoms with E-state index in [-0.39, 0.29) is 0 Å². The summed E-state index contributed by atoms with van der Waals surface area (Å²) in [7, 11) is 3.20. The highest BCUT2D eigenvalue weighted by atomic mass is 35.5. The van der Waals surface area contributed by atoms with Crippen molar-refractivity contribution in [2.24, 2.45) is 0 Å². The van der Waals surface area contributed by atoms with Gasteiger partial charge in [-0.2, -0.15) is 0 Å². The lowest BCUT2D eigenvalue weighted by Gasteiger charge is -2.15. The number of aryl methyl sites for hydroxylation is 1. The third-order valence-electron chi connectivity index (χ3n) is 3.72. The van der Waals surface area contributed by atoms with E-state index in [1.807, 2.05) is 37.3 Å². The number of fused-ring (bicyclic) bond motifs is 1. The Bertz CT molecular complexity index is 865. The Hall–Kier alpha value is -2.46. The molecule has 23 heavy (non-hydrogen) atoms. The van der Waals surface area contributed by atoms with Crippen LogP contribution in [0.25, 0.3) is 10.9 Å². The molecule has 0 fully saturated rings. The van der Waals surface area contributed by atoms with E-state index in [1.165, 1.54) is 0 Å². The second-order valence-electron chi connectivity index (χ2n) is 5.14. The van der Waals surface area contributed by atoms with Crippen LogP contribution in [0.3, 0.4) is 0 Å². The van der Waals surface area contributed by atoms with Gasteiger partial charge in [0.1, 0.15) is 11.5 Å². The van der Waals surface area contributed by atoms with Gasteiger partial charge in [-0.05, 0) is 18.6 Å². The molecule has 0 amide bonds. The first-order valence-electron chi connectivity index (χ1n) is 7.17. The summed E-state index contributed by atoms with van der Waals surface area (Å²) >= 11 is 6.16. The lowest BCUT2D eigenvalue weighted by molar-refractivity contribution is 0.405. The standard InChI is InChI=1S/C18H17ClN2O2/c1-11-5-4-6-12-14(7-8-20-18(11)12)21-15-10-16(22-2)13(19)9-17(15)23-3/h4-10H,1-3H3,(H,20,21). The number of ether oxygens (including phenoxy) is 2. The maximum Gasteiger partial charge on any atom is 0.144 e. The minimum atomic E-state index is 0.505. The van der Waals surface area contributed by atoms with Crippen molar-refractivity contribution in [1.82, 2.24) is 4.98 Å². The van der Waals surface area contributed by atoms with Crippen LogP contribution in [0.1, 0.15) is 5.56 Å². The monoisotopic (exact) mass is 328 g/mol. The first-order valence-corrected chi connectivity index (χ1v) is 7.54. The van der Waals surface area contributed by atoms with Gasteiger partial charge in [-0.3, -0.25) is 4.98 Å². The van der Waals surface area contributed by atoms with Gasteiger partial charge in [0.05, 0.1) is 30.4 Å². The van der Waals surface area contributed by atoms with E-state index in [9.17, 15) is 0 Å². The minimum Gasteiger partial charge on any atom is -0.495 e. The minimum absolute atomic E-state index is 0.505. The molecule has 1 aromatic heterocycles. The summed E-state index contributed by atoms with van der Waals surface area (Å²) in [6, 6.07) is 11.6. The average Bonchev–Trinajstić information content (AvgIpc) is 2.57. The van der Waals surface area contributed by atoms with E-state index < -0.39 is 0 Å². The third kappa shape index (κ3) is 2.90. The number of anilines is 2. The number of halogens is 1. The molecular weight excluding hydrogens is 312 g/mol. The molecule has 1 N–H and O–H groups in total. The highest BCUT2D eigenvalue weighted by Gasteiger charge is 2.12. The zero-order valence-electron chi connectivity index (χ0n) is 13.2. The summed E-state index contributed by atoms with van der Waals surface area (Å²) < 4.78 is 10.7. The molecule has 0 radical (unpaired) electrons. The number of nitrogens with one attached hydrogen (secondary N) is 1. The van der Waals surface area contributed by atoms with E-state index in [1.54, 1.807) is 26.5 Å². The molecule has 118 valence electrons. The predicted octanol–water partition coefficient (Wildman–Crippen LogP) is 4.96. The van der Waals surface area contributed by atoms with Crippen LogP contribution in [0.2, 0.25) is 5.02 Å². The van der Waals surface area contributed by atoms with E-state index in [0.717, 1.165) is 27.8 Å². The molecule has 0 aliphatic heterocycles. The third-order valence-corrected chi connectivity index (χ3v) is 4.01. The van der Waals surface area contributed by atoms with Gasteiger partial charge in [0.25, 0.3) is 0 Å². The molecule has 3 aromatic rings. The molecule has 2 aromatic carbocycles. The van der Waals surface area contributed by atoms with Crippen molar-refractivity contribution in [2.45, 2.75) is 6.92 Å². The maximum atomic E-state index is 6.16. The summed E-state index contributed by atoms with van der Waals surface area (Å²) in [5.41, 5.74) is 3.83. The van der Waals surface area contributed by atoms with Crippen molar-refractivity contribution in [3.8, 4) is 11.5 Å². The zero-order valence-corrected chi connectivity index (χ0v) is 13.9. The highest BCUT2D eigenvalue weighted by molar-refractivity contribution is 6.32. The number of hydrogen-bond acceptors (Lipinski definition) is 4. The van der Waals surface area contributed by atoms with Crippen LogP contribution in [0.15, 0.2) is 42.6 Å². The molecule has 0 saturated heterocycles. The second kappa shape index (κ2) is 6.34. The lowest BCUT2D eigenvalue weighted by atomic mass is 10.1. The van der Waals surface area contributed by atoms with E-state index in [0.29, 0.717) is 16.5 Å². The van der Waals surface area contributed by atoms with Crippen LogP contribution in [0, 0.1) is 6.92 Å². The van der Waals surface area contributed by atoms with Crippen molar-refractivity contribution in [2.75, 3.05) is 19.5 Å². The Morgan fingerprint density at radius 1 is 1.00 bits per heavy atom. The lowest BCUT2D eigenvalue weighted by Crippen LogP contribution is -1.98. The number of para-hydroxylation sites is 1. The Morgan fingerprint density at radius 2 is 1.78 bits per heavy atom. The molecule has 0 aliphatic rings. The summed E-state index contributed by atoms with van der Waals surface area (Å²) in [6.07, 6.45) is 1.79. The molecule has 3 rings (SSSR count). The molecule has 0 spiro atoms. The molecule has 5 heteroatoms. The molecule has 0 unspecified atom stereocenters. The van der Waals surface area contributed by atoms with Gasteiger partial charge in [-0.1, -0.05) is 29.8 Å². The molecule has 4 nitrogen and oxygen atoms in total. The fraction of sp³-hybridized carbons (Fsp3) is 0.167. The molecule has 1 heterocycles. The Kier molecular flexibility index (Phi) is 4.26. The first-order chi connectivity index (χ1) is 11.1. The SMILES string of the molecule is COc1cc(Nc2ccnc3c(C)cccc23)c(OC)cc1Cl. The quantitative estimate of drug-likeness (QED) is 0.735. The van der Waals surface area contributed by atoms with E-state index in [4.69, 9.17) is 21.1 Å². The number of pyridine rings is 1. The largest absolute Gasteiger partial charge is 0.495 e. The van der Waals surface area contributed by atoms with Crippen LogP contribution < -0.4 is 14.8 Å². The summed E-state index contributed by atoms with van der Waals surface area (Å²) in [5, 5.41) is 4.94. The van der Waals surface area contributed by atoms with Gasteiger partial charge in [0.15, 0.2) is 0 Å². The van der Waals surface area contributed by atoms with Crippen LogP contribution >= 0.6 is 11.6 Å². The van der Waals surface area contributed by atoms with Crippen LogP contribution in [0.5, 0.6) is 11.5 Å². The smallest absolute Gasteiger partial charge is 0.144 e. The summed E-state index contributed by atoms with van der Waals surface area (Å²) in [4.78, 5) is 4.46. The van der Waals surface area contributed by atoms with Crippen LogP contribution in [-0.2, 0) is 0 Å². The van der Waals surface area contributed by atoms with Gasteiger partial charge in [-0.25, -0.2) is 0 Å². The summed E-state index contributed by atoms with van der Waals surface area (Å²) in [5.74, 6) is 1.23. The molecule has 0 aliphatic carbocycles. The summed E-state index contributed by atoms with van der Waals surface area (Å²) in [6.45, 7) is 2.05. The van der Waals surface area contributed by atoms with Crippen LogP contribution in [-0.4, -0.2) is 19.2 Å². The normalized spacial score (nSPS) is 10.6. The van der Waals surface area contributed by atoms with Crippen molar-refractivity contribution in [3.05, 3.63) is 53.2 Å². The molecule has 0 saturated carbocycles. The van der Waals surface area contributed by atoms with Crippen molar-refractivity contribution in [1.29, 1.82) is 0 Å². The second-order valence-corrected chi connectivity index (χ2v) is 5.55. The molecular formula is C18H17ClN2O2. The number of nitrogens with zero attached hydrogens (tertiary/aromatic N) is 1. The Balaban J connectivity index is 2.11. The Morgan fingerprint density at radius 3 is 2.52 bits per heavy atom. The van der Waals surface area contributed by atoms with E-state index >= 15 is 0 Å². The number of hydrogen-bond donors (Lipinski definition) is 1. The fourth-order valence-corrected chi connectivity index (χ4v) is 2.77. The topological polar surface area (TPSA) is 43.4 Å². The number of methoxy groups -OCH3 is 2. The highest BCUT2D eigenvalue weighted by Crippen LogP contribution is 2.38. The predicted molar refractivity (Wildman–Crippen MR) is 94.3 cm³/mol. The first kappa shape index (κ1) is 15.4. The van der Waals surface area contributed by atoms with Gasteiger partial charge >= 0.3 is 0 Å². The maximum absolute atomic E-state index is 6.16. The van der Waals surface area contributed by atoms with Crippen molar-refractivity contribution < 1.29 is 9.47 Å². The van der Waals surface area contributed by atoms with Gasteiger partial charge in [0, 0.05) is 29.4 Å². The Labute approximate surface area is 140 Å². The number of benzene rings is 2. The fourth-order valence-electron chi connectivity index (χ4n) is 2.54. The van der Waals surface area contributed by atoms with E-state index in [2.05, 4.69) is 10.3 Å². The molecule has 0 bridgehead atoms. The molecule has 0 atom stereocenters. The van der Waals surface area contributed by atoms with Gasteiger partial charge < -0.3 is 14.8 Å². The number of aromatic nitrogens is 1. The van der Waals surface area contributed by atoms with Crippen molar-refractivity contribution in [3.63, 3.8) is 0 Å². The van der Waals surface area contributed by atoms with Crippen LogP contribution in [0.4, 0.5) is 11.4 Å². The zero-order chi connectivity index (χ0) is 16.4. The van der Waals surface area contributed by atoms with Gasteiger partial charge in [0.2, 0.25) is 0 Å². The number of rotatable bonds is 4.